The number of halogens is 3. The Labute approximate surface area is 182 Å². The van der Waals surface area contributed by atoms with Crippen molar-refractivity contribution >= 4 is 11.8 Å². The van der Waals surface area contributed by atoms with E-state index in [-0.39, 0.29) is 11.1 Å². The fraction of sp³-hybridized carbons (Fsp3) is 0.333. The summed E-state index contributed by atoms with van der Waals surface area (Å²) in [5, 5.41) is 0. The van der Waals surface area contributed by atoms with E-state index in [0.29, 0.717) is 37.1 Å². The molecule has 2 aromatic carbocycles. The molecule has 0 bridgehead atoms. The summed E-state index contributed by atoms with van der Waals surface area (Å²) in [7, 11) is 0. The molecule has 0 heterocycles. The van der Waals surface area contributed by atoms with Gasteiger partial charge in [-0.05, 0) is 57.2 Å². The Hall–Kier alpha value is -3.63. The van der Waals surface area contributed by atoms with E-state index >= 15 is 0 Å². The molecule has 0 saturated heterocycles. The average molecular weight is 456 g/mol. The number of rotatable bonds is 9. The maximum absolute atomic E-state index is 12.6. The van der Waals surface area contributed by atoms with Crippen molar-refractivity contribution in [2.75, 3.05) is 19.8 Å². The molecule has 11 heteroatoms. The molecule has 0 aromatic heterocycles. The highest BCUT2D eigenvalue weighted by atomic mass is 19.4. The maximum atomic E-state index is 12.6. The lowest BCUT2D eigenvalue weighted by Crippen LogP contribution is -2.41. The average Bonchev–Trinajstić information content (AvgIpc) is 2.73. The van der Waals surface area contributed by atoms with Crippen molar-refractivity contribution in [2.45, 2.75) is 27.1 Å². The summed E-state index contributed by atoms with van der Waals surface area (Å²) in [6.45, 7) is 6.34. The van der Waals surface area contributed by atoms with Crippen LogP contribution in [-0.4, -0.2) is 38.0 Å². The molecule has 2 rings (SSSR count). The summed E-state index contributed by atoms with van der Waals surface area (Å²) in [5.41, 5.74) is 4.58. The van der Waals surface area contributed by atoms with E-state index in [2.05, 4.69) is 15.6 Å². The molecule has 2 N–H and O–H groups in total. The summed E-state index contributed by atoms with van der Waals surface area (Å²) in [5.74, 6) is -0.912. The molecular weight excluding hydrogens is 433 g/mol. The van der Waals surface area contributed by atoms with Gasteiger partial charge < -0.3 is 18.9 Å². The van der Waals surface area contributed by atoms with Gasteiger partial charge in [-0.3, -0.25) is 20.4 Å². The quantitative estimate of drug-likeness (QED) is 0.557. The zero-order chi connectivity index (χ0) is 23.7. The largest absolute Gasteiger partial charge is 0.573 e. The first-order chi connectivity index (χ1) is 15.2. The van der Waals surface area contributed by atoms with Gasteiger partial charge in [-0.15, -0.1) is 13.2 Å². The van der Waals surface area contributed by atoms with Gasteiger partial charge in [-0.1, -0.05) is 0 Å². The number of ether oxygens (including phenoxy) is 4. The van der Waals surface area contributed by atoms with E-state index in [9.17, 15) is 22.8 Å². The van der Waals surface area contributed by atoms with Gasteiger partial charge in [0.05, 0.1) is 19.8 Å². The van der Waals surface area contributed by atoms with Crippen LogP contribution in [0.4, 0.5) is 13.2 Å². The van der Waals surface area contributed by atoms with Gasteiger partial charge in [-0.2, -0.15) is 0 Å². The van der Waals surface area contributed by atoms with E-state index in [1.807, 2.05) is 0 Å². The normalized spacial score (nSPS) is 10.8. The minimum Gasteiger partial charge on any atom is -0.490 e. The zero-order valence-electron chi connectivity index (χ0n) is 17.7. The van der Waals surface area contributed by atoms with Gasteiger partial charge in [-0.25, -0.2) is 0 Å². The fourth-order valence-corrected chi connectivity index (χ4v) is 2.59. The second-order valence-corrected chi connectivity index (χ2v) is 6.08. The van der Waals surface area contributed by atoms with Gasteiger partial charge in [0.15, 0.2) is 11.5 Å². The van der Waals surface area contributed by atoms with Gasteiger partial charge in [0.1, 0.15) is 5.75 Å². The van der Waals surface area contributed by atoms with Crippen LogP contribution >= 0.6 is 0 Å². The minimum atomic E-state index is -4.84. The van der Waals surface area contributed by atoms with Crippen LogP contribution in [0.25, 0.3) is 0 Å². The summed E-state index contributed by atoms with van der Waals surface area (Å²) < 4.78 is 57.1. The lowest BCUT2D eigenvalue weighted by atomic mass is 10.1. The molecule has 0 aliphatic heterocycles. The third-order valence-electron chi connectivity index (χ3n) is 3.81. The van der Waals surface area contributed by atoms with Gasteiger partial charge >= 0.3 is 6.36 Å². The van der Waals surface area contributed by atoms with Crippen LogP contribution in [0.1, 0.15) is 41.5 Å². The first kappa shape index (κ1) is 24.6. The number of hydrogen-bond acceptors (Lipinski definition) is 6. The molecule has 0 radical (unpaired) electrons. The van der Waals surface area contributed by atoms with Crippen LogP contribution in [-0.2, 0) is 0 Å². The third-order valence-corrected chi connectivity index (χ3v) is 3.81. The second kappa shape index (κ2) is 11.1. The molecule has 0 atom stereocenters. The molecule has 0 fully saturated rings. The van der Waals surface area contributed by atoms with Crippen LogP contribution < -0.4 is 29.8 Å². The van der Waals surface area contributed by atoms with Crippen LogP contribution in [0.5, 0.6) is 23.0 Å². The maximum Gasteiger partial charge on any atom is 0.573 e. The number of carbonyl (C=O) groups excluding carboxylic acids is 2. The van der Waals surface area contributed by atoms with E-state index in [0.717, 1.165) is 24.3 Å². The number of benzene rings is 2. The predicted octanol–water partition coefficient (Wildman–Crippen LogP) is 3.86. The van der Waals surface area contributed by atoms with E-state index in [1.165, 1.54) is 12.1 Å². The van der Waals surface area contributed by atoms with Crippen molar-refractivity contribution in [3.05, 3.63) is 47.5 Å². The SMILES string of the molecule is CCOc1cc(C(=O)NNC(=O)c2ccc(OC(F)(F)F)cc2)cc(OCC)c1OCC. The molecule has 0 unspecified atom stereocenters. The second-order valence-electron chi connectivity index (χ2n) is 6.08. The topological polar surface area (TPSA) is 95.1 Å². The Morgan fingerprint density at radius 3 is 1.69 bits per heavy atom. The van der Waals surface area contributed by atoms with Gasteiger partial charge in [0.25, 0.3) is 11.8 Å². The Kier molecular flexibility index (Phi) is 8.56. The Balaban J connectivity index is 2.12. The molecule has 2 amide bonds. The molecule has 2 aromatic rings. The molecule has 174 valence electrons. The summed E-state index contributed by atoms with van der Waals surface area (Å²) in [6, 6.07) is 7.11. The lowest BCUT2D eigenvalue weighted by molar-refractivity contribution is -0.274. The van der Waals surface area contributed by atoms with Crippen molar-refractivity contribution in [1.82, 2.24) is 10.9 Å². The number of carbonyl (C=O) groups is 2. The van der Waals surface area contributed by atoms with Crippen LogP contribution in [0.15, 0.2) is 36.4 Å². The highest BCUT2D eigenvalue weighted by Gasteiger charge is 2.31. The Morgan fingerprint density at radius 2 is 1.25 bits per heavy atom. The number of hydrogen-bond donors (Lipinski definition) is 2. The standard InChI is InChI=1S/C21H23F3N2O6/c1-4-29-16-11-14(12-17(30-5-2)18(16)31-6-3)20(28)26-25-19(27)13-7-9-15(10-8-13)32-21(22,23)24/h7-12H,4-6H2,1-3H3,(H,25,27)(H,26,28). The zero-order valence-corrected chi connectivity index (χ0v) is 17.7. The monoisotopic (exact) mass is 456 g/mol. The summed E-state index contributed by atoms with van der Waals surface area (Å²) in [4.78, 5) is 24.7. The molecule has 8 nitrogen and oxygen atoms in total. The van der Waals surface area contributed by atoms with Gasteiger partial charge in [0.2, 0.25) is 5.75 Å². The van der Waals surface area contributed by atoms with Crippen molar-refractivity contribution in [1.29, 1.82) is 0 Å². The van der Waals surface area contributed by atoms with Crippen LogP contribution in [0.3, 0.4) is 0 Å². The Morgan fingerprint density at radius 1 is 0.781 bits per heavy atom. The number of alkyl halides is 3. The number of nitrogens with one attached hydrogen (secondary N) is 2. The Bertz CT molecular complexity index is 905. The summed E-state index contributed by atoms with van der Waals surface area (Å²) >= 11 is 0. The highest BCUT2D eigenvalue weighted by molar-refractivity contribution is 5.99. The van der Waals surface area contributed by atoms with Crippen molar-refractivity contribution in [3.8, 4) is 23.0 Å². The molecule has 0 aliphatic carbocycles. The van der Waals surface area contributed by atoms with Crippen molar-refractivity contribution < 1.29 is 41.7 Å². The molecule has 0 spiro atoms. The molecule has 0 saturated carbocycles. The summed E-state index contributed by atoms with van der Waals surface area (Å²) in [6.07, 6.45) is -4.84. The number of hydrazine groups is 1. The van der Waals surface area contributed by atoms with E-state index in [4.69, 9.17) is 14.2 Å². The minimum absolute atomic E-state index is 0.0107. The third kappa shape index (κ3) is 6.96. The van der Waals surface area contributed by atoms with E-state index < -0.39 is 23.9 Å². The smallest absolute Gasteiger partial charge is 0.490 e. The highest BCUT2D eigenvalue weighted by Crippen LogP contribution is 2.39. The van der Waals surface area contributed by atoms with Crippen molar-refractivity contribution in [3.63, 3.8) is 0 Å². The molecular formula is C21H23F3N2O6. The van der Waals surface area contributed by atoms with Crippen LogP contribution in [0.2, 0.25) is 0 Å². The van der Waals surface area contributed by atoms with Crippen molar-refractivity contribution in [2.24, 2.45) is 0 Å². The lowest BCUT2D eigenvalue weighted by Gasteiger charge is -2.17. The van der Waals surface area contributed by atoms with E-state index in [1.54, 1.807) is 20.8 Å². The predicted molar refractivity (Wildman–Crippen MR) is 108 cm³/mol. The molecule has 0 aliphatic rings. The fourth-order valence-electron chi connectivity index (χ4n) is 2.59. The first-order valence-electron chi connectivity index (χ1n) is 9.71. The van der Waals surface area contributed by atoms with Crippen LogP contribution in [0, 0.1) is 0 Å². The number of amides is 2. The molecule has 32 heavy (non-hydrogen) atoms. The first-order valence-corrected chi connectivity index (χ1v) is 9.71. The van der Waals surface area contributed by atoms with Gasteiger partial charge in [0, 0.05) is 11.1 Å².